The molecule has 0 saturated carbocycles. The van der Waals surface area contributed by atoms with Crippen molar-refractivity contribution in [3.63, 3.8) is 0 Å². The summed E-state index contributed by atoms with van der Waals surface area (Å²) < 4.78 is 51.6. The molecule has 0 aliphatic carbocycles. The third-order valence-electron chi connectivity index (χ3n) is 2.72. The minimum atomic E-state index is -4.66. The van der Waals surface area contributed by atoms with E-state index in [4.69, 9.17) is 5.11 Å². The van der Waals surface area contributed by atoms with E-state index < -0.39 is 23.7 Å². The number of aromatic nitrogens is 1. The van der Waals surface area contributed by atoms with Crippen LogP contribution in [0, 0.1) is 5.82 Å². The monoisotopic (exact) mass is 311 g/mol. The van der Waals surface area contributed by atoms with Crippen molar-refractivity contribution in [3.05, 3.63) is 59.5 Å². The van der Waals surface area contributed by atoms with Crippen LogP contribution in [0.2, 0.25) is 0 Å². The van der Waals surface area contributed by atoms with Gasteiger partial charge >= 0.3 is 12.1 Å². The minimum absolute atomic E-state index is 0.121. The lowest BCUT2D eigenvalue weighted by atomic mass is 10.0. The van der Waals surface area contributed by atoms with Gasteiger partial charge in [-0.15, -0.1) is 0 Å². The average molecular weight is 311 g/mol. The lowest BCUT2D eigenvalue weighted by molar-refractivity contribution is -0.141. The molecule has 1 N–H and O–H groups in total. The van der Waals surface area contributed by atoms with Crippen LogP contribution in [-0.4, -0.2) is 16.1 Å². The van der Waals surface area contributed by atoms with E-state index in [0.29, 0.717) is 0 Å². The van der Waals surface area contributed by atoms with E-state index in [1.165, 1.54) is 12.1 Å². The number of carboxylic acids is 1. The summed E-state index contributed by atoms with van der Waals surface area (Å²) in [5.41, 5.74) is -1.02. The largest absolute Gasteiger partial charge is 0.478 e. The predicted octanol–water partition coefficient (Wildman–Crippen LogP) is 4.00. The Morgan fingerprint density at radius 2 is 1.91 bits per heavy atom. The first kappa shape index (κ1) is 15.7. The van der Waals surface area contributed by atoms with Crippen molar-refractivity contribution >= 4 is 12.0 Å². The van der Waals surface area contributed by atoms with Gasteiger partial charge in [0.2, 0.25) is 0 Å². The number of nitrogens with zero attached hydrogens (tertiary/aromatic N) is 1. The molecule has 7 heteroatoms. The summed E-state index contributed by atoms with van der Waals surface area (Å²) in [5.74, 6) is -1.89. The van der Waals surface area contributed by atoms with E-state index in [9.17, 15) is 22.4 Å². The second kappa shape index (κ2) is 5.97. The van der Waals surface area contributed by atoms with Gasteiger partial charge in [-0.05, 0) is 24.3 Å². The molecule has 3 nitrogen and oxygen atoms in total. The molecule has 0 amide bonds. The minimum Gasteiger partial charge on any atom is -0.478 e. The number of carbonyl (C=O) groups is 1. The van der Waals surface area contributed by atoms with Crippen molar-refractivity contribution in [2.45, 2.75) is 6.18 Å². The highest BCUT2D eigenvalue weighted by Gasteiger charge is 2.33. The van der Waals surface area contributed by atoms with Crippen LogP contribution in [0.4, 0.5) is 17.6 Å². The number of benzene rings is 1. The SMILES string of the molecule is O=C(O)C=Cc1ccc(C(F)(F)F)nc1-c1cccc(F)c1. The average Bonchev–Trinajstić information content (AvgIpc) is 2.44. The van der Waals surface area contributed by atoms with E-state index in [0.717, 1.165) is 36.4 Å². The van der Waals surface area contributed by atoms with Gasteiger partial charge in [-0.3, -0.25) is 0 Å². The normalized spacial score (nSPS) is 11.8. The van der Waals surface area contributed by atoms with Crippen LogP contribution in [0.25, 0.3) is 17.3 Å². The van der Waals surface area contributed by atoms with Crippen LogP contribution in [0.1, 0.15) is 11.3 Å². The van der Waals surface area contributed by atoms with Crippen LogP contribution in [0.3, 0.4) is 0 Å². The molecule has 0 unspecified atom stereocenters. The molecular formula is C15H9F4NO2. The smallest absolute Gasteiger partial charge is 0.433 e. The first-order chi connectivity index (χ1) is 10.3. The number of hydrogen-bond donors (Lipinski definition) is 1. The molecule has 0 aliphatic rings. The van der Waals surface area contributed by atoms with Gasteiger partial charge < -0.3 is 5.11 Å². The maximum atomic E-state index is 13.3. The van der Waals surface area contributed by atoms with E-state index in [-0.39, 0.29) is 16.8 Å². The molecule has 0 saturated heterocycles. The summed E-state index contributed by atoms with van der Waals surface area (Å²) in [4.78, 5) is 14.1. The summed E-state index contributed by atoms with van der Waals surface area (Å²) in [7, 11) is 0. The molecule has 2 rings (SSSR count). The fraction of sp³-hybridized carbons (Fsp3) is 0.0667. The van der Waals surface area contributed by atoms with E-state index >= 15 is 0 Å². The van der Waals surface area contributed by atoms with Crippen molar-refractivity contribution in [2.75, 3.05) is 0 Å². The summed E-state index contributed by atoms with van der Waals surface area (Å²) in [6, 6.07) is 6.73. The zero-order valence-electron chi connectivity index (χ0n) is 10.9. The zero-order valence-corrected chi connectivity index (χ0v) is 10.9. The number of halogens is 4. The van der Waals surface area contributed by atoms with Gasteiger partial charge in [0.25, 0.3) is 0 Å². The quantitative estimate of drug-likeness (QED) is 0.688. The molecule has 0 bridgehead atoms. The maximum Gasteiger partial charge on any atom is 0.433 e. The molecule has 2 aromatic rings. The molecule has 0 atom stereocenters. The van der Waals surface area contributed by atoms with Crippen LogP contribution in [0.5, 0.6) is 0 Å². The van der Waals surface area contributed by atoms with Gasteiger partial charge in [0.05, 0.1) is 5.69 Å². The summed E-state index contributed by atoms with van der Waals surface area (Å²) >= 11 is 0. The Kier molecular flexibility index (Phi) is 4.25. The summed E-state index contributed by atoms with van der Waals surface area (Å²) in [5, 5.41) is 8.62. The molecule has 0 spiro atoms. The second-order valence-corrected chi connectivity index (χ2v) is 4.31. The zero-order chi connectivity index (χ0) is 16.3. The van der Waals surface area contributed by atoms with Crippen molar-refractivity contribution < 1.29 is 27.5 Å². The standard InChI is InChI=1S/C15H9F4NO2/c16-11-3-1-2-10(8-11)14-9(5-7-13(21)22)4-6-12(20-14)15(17,18)19/h1-8H,(H,21,22). The molecular weight excluding hydrogens is 302 g/mol. The van der Waals surface area contributed by atoms with Crippen LogP contribution in [0.15, 0.2) is 42.5 Å². The third kappa shape index (κ3) is 3.69. The van der Waals surface area contributed by atoms with E-state index in [1.54, 1.807) is 0 Å². The summed E-state index contributed by atoms with van der Waals surface area (Å²) in [6.45, 7) is 0. The Bertz CT molecular complexity index is 739. The lowest BCUT2D eigenvalue weighted by Gasteiger charge is -2.11. The highest BCUT2D eigenvalue weighted by Crippen LogP contribution is 2.31. The fourth-order valence-corrected chi connectivity index (χ4v) is 1.79. The summed E-state index contributed by atoms with van der Waals surface area (Å²) in [6.07, 6.45) is -2.78. The number of carboxylic acid groups (broad SMARTS) is 1. The molecule has 114 valence electrons. The number of rotatable bonds is 3. The highest BCUT2D eigenvalue weighted by molar-refractivity contribution is 5.87. The number of pyridine rings is 1. The Morgan fingerprint density at radius 3 is 2.50 bits per heavy atom. The first-order valence-corrected chi connectivity index (χ1v) is 6.02. The third-order valence-corrected chi connectivity index (χ3v) is 2.72. The number of aliphatic carboxylic acids is 1. The number of alkyl halides is 3. The molecule has 22 heavy (non-hydrogen) atoms. The fourth-order valence-electron chi connectivity index (χ4n) is 1.79. The van der Waals surface area contributed by atoms with Gasteiger partial charge in [0.15, 0.2) is 0 Å². The van der Waals surface area contributed by atoms with Crippen LogP contribution in [-0.2, 0) is 11.0 Å². The topological polar surface area (TPSA) is 50.2 Å². The van der Waals surface area contributed by atoms with Gasteiger partial charge in [0, 0.05) is 17.2 Å². The molecule has 0 fully saturated rings. The molecule has 0 radical (unpaired) electrons. The maximum absolute atomic E-state index is 13.3. The van der Waals surface area contributed by atoms with Gasteiger partial charge in [0.1, 0.15) is 11.5 Å². The lowest BCUT2D eigenvalue weighted by Crippen LogP contribution is -2.09. The van der Waals surface area contributed by atoms with Crippen LogP contribution < -0.4 is 0 Å². The Labute approximate surface area is 122 Å². The molecule has 1 heterocycles. The van der Waals surface area contributed by atoms with E-state index in [2.05, 4.69) is 4.98 Å². The van der Waals surface area contributed by atoms with Crippen molar-refractivity contribution in [2.24, 2.45) is 0 Å². The van der Waals surface area contributed by atoms with E-state index in [1.807, 2.05) is 0 Å². The van der Waals surface area contributed by atoms with Gasteiger partial charge in [-0.2, -0.15) is 13.2 Å². The van der Waals surface area contributed by atoms with Crippen molar-refractivity contribution in [1.82, 2.24) is 4.98 Å². The van der Waals surface area contributed by atoms with Crippen molar-refractivity contribution in [1.29, 1.82) is 0 Å². The van der Waals surface area contributed by atoms with Crippen LogP contribution >= 0.6 is 0 Å². The Hall–Kier alpha value is -2.70. The number of hydrogen-bond acceptors (Lipinski definition) is 2. The predicted molar refractivity (Wildman–Crippen MR) is 71.3 cm³/mol. The first-order valence-electron chi connectivity index (χ1n) is 6.02. The molecule has 1 aromatic carbocycles. The molecule has 1 aromatic heterocycles. The van der Waals surface area contributed by atoms with Gasteiger partial charge in [-0.25, -0.2) is 14.2 Å². The Morgan fingerprint density at radius 1 is 1.18 bits per heavy atom. The molecule has 0 aliphatic heterocycles. The van der Waals surface area contributed by atoms with Crippen molar-refractivity contribution in [3.8, 4) is 11.3 Å². The highest BCUT2D eigenvalue weighted by atomic mass is 19.4. The Balaban J connectivity index is 2.62. The second-order valence-electron chi connectivity index (χ2n) is 4.31. The van der Waals surface area contributed by atoms with Gasteiger partial charge in [-0.1, -0.05) is 18.2 Å².